The van der Waals surface area contributed by atoms with Crippen LogP contribution in [0.4, 0.5) is 10.5 Å². The Morgan fingerprint density at radius 3 is 2.26 bits per heavy atom. The van der Waals surface area contributed by atoms with Crippen LogP contribution in [0.25, 0.3) is 0 Å². The average molecular weight is 459 g/mol. The molecule has 4 rings (SSSR count). The summed E-state index contributed by atoms with van der Waals surface area (Å²) in [7, 11) is 0. The summed E-state index contributed by atoms with van der Waals surface area (Å²) in [6, 6.07) is 15.5. The quantitative estimate of drug-likeness (QED) is 0.481. The molecule has 31 heavy (non-hydrogen) atoms. The molecular formula is C26H32Cl2N2O. The summed E-state index contributed by atoms with van der Waals surface area (Å²) >= 11 is 12.4. The van der Waals surface area contributed by atoms with Gasteiger partial charge in [-0.1, -0.05) is 85.6 Å². The second-order valence-corrected chi connectivity index (χ2v) is 9.98. The van der Waals surface area contributed by atoms with E-state index in [2.05, 4.69) is 17.4 Å². The smallest absolute Gasteiger partial charge is 0.317 e. The zero-order valence-electron chi connectivity index (χ0n) is 18.0. The predicted octanol–water partition coefficient (Wildman–Crippen LogP) is 8.17. The fourth-order valence-electron chi connectivity index (χ4n) is 5.42. The molecule has 0 spiro atoms. The molecule has 166 valence electrons. The van der Waals surface area contributed by atoms with Crippen molar-refractivity contribution >= 4 is 34.9 Å². The fraction of sp³-hybridized carbons (Fsp3) is 0.500. The van der Waals surface area contributed by atoms with E-state index in [0.29, 0.717) is 22.3 Å². The molecule has 0 aliphatic heterocycles. The van der Waals surface area contributed by atoms with Crippen LogP contribution in [-0.2, 0) is 6.54 Å². The van der Waals surface area contributed by atoms with Crippen LogP contribution in [-0.4, -0.2) is 17.0 Å². The molecule has 0 atom stereocenters. The predicted molar refractivity (Wildman–Crippen MR) is 130 cm³/mol. The summed E-state index contributed by atoms with van der Waals surface area (Å²) in [4.78, 5) is 15.4. The van der Waals surface area contributed by atoms with Gasteiger partial charge in [0.1, 0.15) is 0 Å². The molecule has 0 heterocycles. The number of urea groups is 1. The van der Waals surface area contributed by atoms with E-state index in [-0.39, 0.29) is 12.1 Å². The first-order chi connectivity index (χ1) is 15.1. The second-order valence-electron chi connectivity index (χ2n) is 9.13. The van der Waals surface area contributed by atoms with E-state index in [1.165, 1.54) is 44.9 Å². The van der Waals surface area contributed by atoms with Crippen molar-refractivity contribution in [3.05, 3.63) is 64.1 Å². The lowest BCUT2D eigenvalue weighted by Crippen LogP contribution is -2.44. The number of nitrogens with one attached hydrogen (secondary N) is 1. The van der Waals surface area contributed by atoms with Gasteiger partial charge in [0.25, 0.3) is 0 Å². The van der Waals surface area contributed by atoms with Gasteiger partial charge in [0.2, 0.25) is 0 Å². The normalized spacial score (nSPS) is 22.1. The van der Waals surface area contributed by atoms with E-state index < -0.39 is 0 Å². The fourth-order valence-corrected chi connectivity index (χ4v) is 5.75. The molecule has 2 aromatic carbocycles. The molecule has 2 aromatic rings. The van der Waals surface area contributed by atoms with Crippen molar-refractivity contribution in [1.82, 2.24) is 4.90 Å². The van der Waals surface area contributed by atoms with Gasteiger partial charge >= 0.3 is 6.03 Å². The number of carbonyl (C=O) groups is 1. The minimum Gasteiger partial charge on any atom is -0.317 e. The third-order valence-electron chi connectivity index (χ3n) is 7.13. The van der Waals surface area contributed by atoms with E-state index in [4.69, 9.17) is 23.2 Å². The van der Waals surface area contributed by atoms with Crippen LogP contribution in [0.3, 0.4) is 0 Å². The maximum atomic E-state index is 13.4. The van der Waals surface area contributed by atoms with Gasteiger partial charge in [-0.2, -0.15) is 0 Å². The number of carbonyl (C=O) groups excluding carboxylic acids is 1. The lowest BCUT2D eigenvalue weighted by atomic mass is 9.72. The third-order valence-corrected chi connectivity index (χ3v) is 7.69. The van der Waals surface area contributed by atoms with Crippen LogP contribution in [0.5, 0.6) is 0 Å². The van der Waals surface area contributed by atoms with E-state index in [0.717, 1.165) is 30.2 Å². The van der Waals surface area contributed by atoms with Gasteiger partial charge in [-0.3, -0.25) is 0 Å². The average Bonchev–Trinajstić information content (AvgIpc) is 2.81. The Balaban J connectivity index is 1.46. The van der Waals surface area contributed by atoms with Crippen LogP contribution < -0.4 is 5.32 Å². The highest BCUT2D eigenvalue weighted by Crippen LogP contribution is 2.39. The molecule has 3 nitrogen and oxygen atoms in total. The standard InChI is InChI=1S/C26H32Cl2N2O/c27-22-13-16-24(28)25(17-22)29-26(31)30(18-19-7-3-1-4-8-19)23-14-11-21(12-15-23)20-9-5-2-6-10-20/h1,3-4,7-8,13,16-17,20-21,23H,2,5-6,9-12,14-15,18H2,(H,29,31)/t21-,23+. The van der Waals surface area contributed by atoms with Crippen molar-refractivity contribution in [1.29, 1.82) is 0 Å². The van der Waals surface area contributed by atoms with Crippen molar-refractivity contribution < 1.29 is 4.79 Å². The molecule has 2 saturated carbocycles. The number of anilines is 1. The van der Waals surface area contributed by atoms with E-state index in [1.54, 1.807) is 18.2 Å². The molecule has 0 aromatic heterocycles. The maximum Gasteiger partial charge on any atom is 0.322 e. The highest BCUT2D eigenvalue weighted by molar-refractivity contribution is 6.35. The Bertz CT molecular complexity index is 859. The SMILES string of the molecule is O=C(Nc1cc(Cl)ccc1Cl)N(Cc1ccccc1)[C@H]1CC[C@@H](C2CCCCC2)CC1. The highest BCUT2D eigenvalue weighted by Gasteiger charge is 2.33. The molecule has 0 radical (unpaired) electrons. The van der Waals surface area contributed by atoms with Crippen LogP contribution in [0.1, 0.15) is 63.4 Å². The summed E-state index contributed by atoms with van der Waals surface area (Å²) in [6.07, 6.45) is 11.6. The van der Waals surface area contributed by atoms with Gasteiger partial charge in [0, 0.05) is 17.6 Å². The largest absolute Gasteiger partial charge is 0.322 e. The second kappa shape index (κ2) is 10.7. The Hall–Kier alpha value is -1.71. The Morgan fingerprint density at radius 1 is 0.871 bits per heavy atom. The number of nitrogens with zero attached hydrogens (tertiary/aromatic N) is 1. The summed E-state index contributed by atoms with van der Waals surface area (Å²) in [5, 5.41) is 4.07. The molecule has 1 N–H and O–H groups in total. The summed E-state index contributed by atoms with van der Waals surface area (Å²) in [6.45, 7) is 0.601. The number of halogens is 2. The van der Waals surface area contributed by atoms with Crippen molar-refractivity contribution in [3.8, 4) is 0 Å². The van der Waals surface area contributed by atoms with Crippen molar-refractivity contribution in [3.63, 3.8) is 0 Å². The zero-order valence-corrected chi connectivity index (χ0v) is 19.5. The van der Waals surface area contributed by atoms with Gasteiger partial charge in [-0.25, -0.2) is 4.79 Å². The molecule has 2 fully saturated rings. The summed E-state index contributed by atoms with van der Waals surface area (Å²) in [5.74, 6) is 1.73. The van der Waals surface area contributed by atoms with Gasteiger partial charge < -0.3 is 10.2 Å². The molecule has 0 saturated heterocycles. The number of hydrogen-bond donors (Lipinski definition) is 1. The first-order valence-electron chi connectivity index (χ1n) is 11.7. The number of rotatable bonds is 5. The van der Waals surface area contributed by atoms with E-state index in [9.17, 15) is 4.79 Å². The first-order valence-corrected chi connectivity index (χ1v) is 12.4. The number of benzene rings is 2. The van der Waals surface area contributed by atoms with E-state index in [1.807, 2.05) is 23.1 Å². The Morgan fingerprint density at radius 2 is 1.55 bits per heavy atom. The lowest BCUT2D eigenvalue weighted by molar-refractivity contribution is 0.120. The van der Waals surface area contributed by atoms with Gasteiger partial charge in [-0.15, -0.1) is 0 Å². The van der Waals surface area contributed by atoms with Gasteiger partial charge in [0.15, 0.2) is 0 Å². The third kappa shape index (κ3) is 5.96. The molecule has 2 amide bonds. The van der Waals surface area contributed by atoms with Crippen molar-refractivity contribution in [2.45, 2.75) is 70.4 Å². The minimum absolute atomic E-state index is 0.103. The minimum atomic E-state index is -0.103. The highest BCUT2D eigenvalue weighted by atomic mass is 35.5. The van der Waals surface area contributed by atoms with Crippen molar-refractivity contribution in [2.75, 3.05) is 5.32 Å². The monoisotopic (exact) mass is 458 g/mol. The summed E-state index contributed by atoms with van der Waals surface area (Å²) in [5.41, 5.74) is 1.71. The molecular weight excluding hydrogens is 427 g/mol. The molecule has 0 bridgehead atoms. The van der Waals surface area contributed by atoms with Crippen molar-refractivity contribution in [2.24, 2.45) is 11.8 Å². The zero-order chi connectivity index (χ0) is 21.6. The molecule has 2 aliphatic carbocycles. The van der Waals surface area contributed by atoms with Crippen LogP contribution in [0.15, 0.2) is 48.5 Å². The van der Waals surface area contributed by atoms with Crippen LogP contribution in [0, 0.1) is 11.8 Å². The molecule has 2 aliphatic rings. The number of hydrogen-bond acceptors (Lipinski definition) is 1. The topological polar surface area (TPSA) is 32.3 Å². The molecule has 0 unspecified atom stereocenters. The first kappa shape index (κ1) is 22.5. The van der Waals surface area contributed by atoms with Gasteiger partial charge in [0.05, 0.1) is 10.7 Å². The summed E-state index contributed by atoms with van der Waals surface area (Å²) < 4.78 is 0. The Labute approximate surface area is 196 Å². The Kier molecular flexibility index (Phi) is 7.79. The van der Waals surface area contributed by atoms with E-state index >= 15 is 0 Å². The lowest BCUT2D eigenvalue weighted by Gasteiger charge is -2.40. The van der Waals surface area contributed by atoms with Crippen LogP contribution >= 0.6 is 23.2 Å². The van der Waals surface area contributed by atoms with Gasteiger partial charge in [-0.05, 0) is 61.3 Å². The number of amides is 2. The maximum absolute atomic E-state index is 13.4. The molecule has 5 heteroatoms. The van der Waals surface area contributed by atoms with Crippen LogP contribution in [0.2, 0.25) is 10.0 Å².